The van der Waals surface area contributed by atoms with Gasteiger partial charge in [0.25, 0.3) is 0 Å². The molecule has 0 aliphatic carbocycles. The predicted molar refractivity (Wildman–Crippen MR) is 79.9 cm³/mol. The highest BCUT2D eigenvalue weighted by Gasteiger charge is 2.46. The average Bonchev–Trinajstić information content (AvgIpc) is 3.25. The van der Waals surface area contributed by atoms with Crippen molar-refractivity contribution in [2.24, 2.45) is 0 Å². The first-order valence-electron chi connectivity index (χ1n) is 7.84. The van der Waals surface area contributed by atoms with Crippen molar-refractivity contribution < 1.29 is 9.47 Å². The van der Waals surface area contributed by atoms with Crippen molar-refractivity contribution in [3.8, 4) is 0 Å². The highest BCUT2D eigenvalue weighted by atomic mass is 16.6. The van der Waals surface area contributed by atoms with Gasteiger partial charge in [0.2, 0.25) is 0 Å². The van der Waals surface area contributed by atoms with Crippen molar-refractivity contribution in [3.05, 3.63) is 35.9 Å². The van der Waals surface area contributed by atoms with E-state index in [9.17, 15) is 0 Å². The second-order valence-electron chi connectivity index (χ2n) is 6.01. The van der Waals surface area contributed by atoms with Crippen LogP contribution < -0.4 is 0 Å². The quantitative estimate of drug-likeness (QED) is 0.564. The molecule has 1 spiro atoms. The summed E-state index contributed by atoms with van der Waals surface area (Å²) >= 11 is 0. The van der Waals surface area contributed by atoms with Gasteiger partial charge in [0.15, 0.2) is 0 Å². The van der Waals surface area contributed by atoms with Gasteiger partial charge in [0.1, 0.15) is 0 Å². The van der Waals surface area contributed by atoms with Crippen LogP contribution in [-0.2, 0) is 15.9 Å². The maximum absolute atomic E-state index is 5.73. The van der Waals surface area contributed by atoms with Crippen LogP contribution in [0.1, 0.15) is 24.8 Å². The Bertz CT molecular complexity index is 393. The Morgan fingerprint density at radius 1 is 1.10 bits per heavy atom. The second kappa shape index (κ2) is 6.70. The molecule has 3 heteroatoms. The standard InChI is InChI=1S/C17H25NO2/c1-2-5-16(6-3-1)7-14-19-13-4-10-18-11-8-17(9-12-18)15-20-17/h1-3,5-6H,4,7-15H2. The van der Waals surface area contributed by atoms with Crippen LogP contribution >= 0.6 is 0 Å². The summed E-state index contributed by atoms with van der Waals surface area (Å²) in [6, 6.07) is 10.5. The maximum Gasteiger partial charge on any atom is 0.0940 e. The minimum atomic E-state index is 0.308. The fourth-order valence-electron chi connectivity index (χ4n) is 2.90. The molecule has 2 heterocycles. The Morgan fingerprint density at radius 2 is 1.85 bits per heavy atom. The van der Waals surface area contributed by atoms with Gasteiger partial charge in [-0.25, -0.2) is 0 Å². The first-order valence-corrected chi connectivity index (χ1v) is 7.84. The Morgan fingerprint density at radius 3 is 2.55 bits per heavy atom. The molecule has 1 aromatic carbocycles. The fourth-order valence-corrected chi connectivity index (χ4v) is 2.90. The number of epoxide rings is 1. The number of ether oxygens (including phenoxy) is 2. The number of piperidine rings is 1. The summed E-state index contributed by atoms with van der Waals surface area (Å²) in [5, 5.41) is 0. The number of hydrogen-bond acceptors (Lipinski definition) is 3. The molecule has 0 amide bonds. The number of benzene rings is 1. The fraction of sp³-hybridized carbons (Fsp3) is 0.647. The molecule has 2 aliphatic heterocycles. The van der Waals surface area contributed by atoms with E-state index in [1.54, 1.807) is 0 Å². The molecule has 3 rings (SSSR count). The molecule has 110 valence electrons. The molecule has 0 bridgehead atoms. The van der Waals surface area contributed by atoms with Gasteiger partial charge in [-0.1, -0.05) is 30.3 Å². The molecule has 0 unspecified atom stereocenters. The number of rotatable bonds is 7. The lowest BCUT2D eigenvalue weighted by Crippen LogP contribution is -2.38. The van der Waals surface area contributed by atoms with Crippen LogP contribution in [0.5, 0.6) is 0 Å². The molecule has 2 saturated heterocycles. The van der Waals surface area contributed by atoms with E-state index in [0.717, 1.165) is 32.7 Å². The van der Waals surface area contributed by atoms with E-state index in [0.29, 0.717) is 5.60 Å². The number of likely N-dealkylation sites (tertiary alicyclic amines) is 1. The summed E-state index contributed by atoms with van der Waals surface area (Å²) in [5.74, 6) is 0. The zero-order valence-corrected chi connectivity index (χ0v) is 12.2. The molecule has 2 aliphatic rings. The Labute approximate surface area is 121 Å². The van der Waals surface area contributed by atoms with E-state index in [1.807, 2.05) is 0 Å². The summed E-state index contributed by atoms with van der Waals surface area (Å²) < 4.78 is 11.3. The van der Waals surface area contributed by atoms with Gasteiger partial charge in [-0.15, -0.1) is 0 Å². The zero-order valence-electron chi connectivity index (χ0n) is 12.2. The maximum atomic E-state index is 5.73. The summed E-state index contributed by atoms with van der Waals surface area (Å²) in [4.78, 5) is 2.55. The average molecular weight is 275 g/mol. The van der Waals surface area contributed by atoms with Crippen LogP contribution in [0.25, 0.3) is 0 Å². The minimum Gasteiger partial charge on any atom is -0.381 e. The molecular formula is C17H25NO2. The molecular weight excluding hydrogens is 250 g/mol. The minimum absolute atomic E-state index is 0.308. The smallest absolute Gasteiger partial charge is 0.0940 e. The third kappa shape index (κ3) is 4.05. The van der Waals surface area contributed by atoms with E-state index < -0.39 is 0 Å². The van der Waals surface area contributed by atoms with Crippen molar-refractivity contribution in [1.82, 2.24) is 4.90 Å². The Balaban J connectivity index is 1.20. The summed E-state index contributed by atoms with van der Waals surface area (Å²) in [7, 11) is 0. The highest BCUT2D eigenvalue weighted by Crippen LogP contribution is 2.37. The van der Waals surface area contributed by atoms with Gasteiger partial charge in [-0.05, 0) is 31.2 Å². The van der Waals surface area contributed by atoms with E-state index in [-0.39, 0.29) is 0 Å². The molecule has 0 atom stereocenters. The van der Waals surface area contributed by atoms with Gasteiger partial charge >= 0.3 is 0 Å². The molecule has 0 saturated carbocycles. The normalized spacial score (nSPS) is 21.2. The van der Waals surface area contributed by atoms with E-state index >= 15 is 0 Å². The summed E-state index contributed by atoms with van der Waals surface area (Å²) in [6.07, 6.45) is 4.61. The molecule has 3 nitrogen and oxygen atoms in total. The summed E-state index contributed by atoms with van der Waals surface area (Å²) in [6.45, 7) is 6.28. The lowest BCUT2D eigenvalue weighted by molar-refractivity contribution is 0.106. The molecule has 0 radical (unpaired) electrons. The first kappa shape index (κ1) is 14.1. The van der Waals surface area contributed by atoms with Gasteiger partial charge in [0, 0.05) is 26.2 Å². The monoisotopic (exact) mass is 275 g/mol. The van der Waals surface area contributed by atoms with Gasteiger partial charge < -0.3 is 14.4 Å². The van der Waals surface area contributed by atoms with Crippen LogP contribution in [0.15, 0.2) is 30.3 Å². The van der Waals surface area contributed by atoms with Crippen molar-refractivity contribution in [2.75, 3.05) is 39.5 Å². The SMILES string of the molecule is c1ccc(CCOCCCN2CCC3(CC2)CO3)cc1. The van der Waals surface area contributed by atoms with Crippen molar-refractivity contribution in [3.63, 3.8) is 0 Å². The van der Waals surface area contributed by atoms with E-state index in [2.05, 4.69) is 35.2 Å². The Kier molecular flexibility index (Phi) is 4.71. The Hall–Kier alpha value is -0.900. The summed E-state index contributed by atoms with van der Waals surface area (Å²) in [5.41, 5.74) is 1.67. The van der Waals surface area contributed by atoms with Crippen molar-refractivity contribution >= 4 is 0 Å². The second-order valence-corrected chi connectivity index (χ2v) is 6.01. The zero-order chi connectivity index (χ0) is 13.7. The third-order valence-electron chi connectivity index (χ3n) is 4.46. The van der Waals surface area contributed by atoms with E-state index in [4.69, 9.17) is 9.47 Å². The third-order valence-corrected chi connectivity index (χ3v) is 4.46. The van der Waals surface area contributed by atoms with Crippen LogP contribution in [0.2, 0.25) is 0 Å². The van der Waals surface area contributed by atoms with Crippen molar-refractivity contribution in [2.45, 2.75) is 31.3 Å². The van der Waals surface area contributed by atoms with Crippen LogP contribution in [0, 0.1) is 0 Å². The lowest BCUT2D eigenvalue weighted by atomic mass is 9.98. The van der Waals surface area contributed by atoms with Crippen molar-refractivity contribution in [1.29, 1.82) is 0 Å². The number of nitrogens with zero attached hydrogens (tertiary/aromatic N) is 1. The van der Waals surface area contributed by atoms with Crippen LogP contribution in [0.4, 0.5) is 0 Å². The van der Waals surface area contributed by atoms with Crippen LogP contribution in [-0.4, -0.2) is 50.0 Å². The molecule has 0 aromatic heterocycles. The van der Waals surface area contributed by atoms with Crippen LogP contribution in [0.3, 0.4) is 0 Å². The number of hydrogen-bond donors (Lipinski definition) is 0. The largest absolute Gasteiger partial charge is 0.381 e. The topological polar surface area (TPSA) is 25.0 Å². The molecule has 0 N–H and O–H groups in total. The van der Waals surface area contributed by atoms with Gasteiger partial charge in [0.05, 0.1) is 18.8 Å². The molecule has 2 fully saturated rings. The van der Waals surface area contributed by atoms with Gasteiger partial charge in [-0.3, -0.25) is 0 Å². The van der Waals surface area contributed by atoms with E-state index in [1.165, 1.54) is 38.0 Å². The first-order chi connectivity index (χ1) is 9.86. The lowest BCUT2D eigenvalue weighted by Gasteiger charge is -2.30. The predicted octanol–water partition coefficient (Wildman–Crippen LogP) is 2.50. The molecule has 1 aromatic rings. The highest BCUT2D eigenvalue weighted by molar-refractivity contribution is 5.14. The molecule has 20 heavy (non-hydrogen) atoms. The van der Waals surface area contributed by atoms with Gasteiger partial charge in [-0.2, -0.15) is 0 Å².